The summed E-state index contributed by atoms with van der Waals surface area (Å²) in [5.41, 5.74) is 4.39. The van der Waals surface area contributed by atoms with Crippen LogP contribution < -0.4 is 10.2 Å². The number of pyridine rings is 1. The molecule has 7 nitrogen and oxygen atoms in total. The van der Waals surface area contributed by atoms with E-state index in [9.17, 15) is 4.79 Å². The van der Waals surface area contributed by atoms with Gasteiger partial charge in [-0.15, -0.1) is 0 Å². The molecule has 0 spiro atoms. The fourth-order valence-corrected chi connectivity index (χ4v) is 4.18. The summed E-state index contributed by atoms with van der Waals surface area (Å²) in [6, 6.07) is 8.77. The predicted molar refractivity (Wildman–Crippen MR) is 113 cm³/mol. The Hall–Kier alpha value is -2.93. The highest BCUT2D eigenvalue weighted by atomic mass is 16.1. The number of nitrogens with zero attached hydrogens (tertiary/aromatic N) is 4. The molecule has 0 atom stereocenters. The lowest BCUT2D eigenvalue weighted by Gasteiger charge is -2.44. The molecule has 0 bridgehead atoms. The van der Waals surface area contributed by atoms with Crippen molar-refractivity contribution < 1.29 is 4.79 Å². The van der Waals surface area contributed by atoms with E-state index >= 15 is 0 Å². The molecular formula is C22H26N6O. The zero-order valence-electron chi connectivity index (χ0n) is 17.1. The number of benzene rings is 1. The number of anilines is 1. The molecule has 0 radical (unpaired) electrons. The van der Waals surface area contributed by atoms with E-state index in [4.69, 9.17) is 0 Å². The summed E-state index contributed by atoms with van der Waals surface area (Å²) in [5, 5.41) is 11.3. The van der Waals surface area contributed by atoms with Gasteiger partial charge in [0.25, 0.3) is 5.91 Å². The third-order valence-corrected chi connectivity index (χ3v) is 6.40. The zero-order chi connectivity index (χ0) is 20.2. The standard InChI is InChI=1S/C22H26N6O/c1-14-4-5-15(28-12-16(13-28)27(2)3)10-17(14)21(29)25-22(7-8-22)19-6-9-23-20-18(19)11-24-26-20/h4-6,9-11,16H,7-8,12-13H2,1-3H3,(H,25,29)(H,23,24,26). The van der Waals surface area contributed by atoms with E-state index in [2.05, 4.69) is 50.5 Å². The molecular weight excluding hydrogens is 364 g/mol. The lowest BCUT2D eigenvalue weighted by Crippen LogP contribution is -2.57. The maximum absolute atomic E-state index is 13.2. The second-order valence-corrected chi connectivity index (χ2v) is 8.55. The Morgan fingerprint density at radius 1 is 1.28 bits per heavy atom. The van der Waals surface area contributed by atoms with Crippen molar-refractivity contribution >= 4 is 22.6 Å². The summed E-state index contributed by atoms with van der Waals surface area (Å²) < 4.78 is 0. The van der Waals surface area contributed by atoms with Crippen LogP contribution in [0.3, 0.4) is 0 Å². The Balaban J connectivity index is 1.39. The predicted octanol–water partition coefficient (Wildman–Crippen LogP) is 2.44. The van der Waals surface area contributed by atoms with Crippen LogP contribution in [-0.2, 0) is 5.54 Å². The Morgan fingerprint density at radius 3 is 2.79 bits per heavy atom. The molecule has 150 valence electrons. The highest BCUT2D eigenvalue weighted by molar-refractivity contribution is 5.98. The topological polar surface area (TPSA) is 77.1 Å². The van der Waals surface area contributed by atoms with Gasteiger partial charge in [0.05, 0.1) is 11.7 Å². The number of H-pyrrole nitrogens is 1. The number of carbonyl (C=O) groups excluding carboxylic acids is 1. The second kappa shape index (κ2) is 6.56. The quantitative estimate of drug-likeness (QED) is 0.700. The van der Waals surface area contributed by atoms with Crippen LogP contribution in [0.1, 0.15) is 34.3 Å². The number of aryl methyl sites for hydroxylation is 1. The Labute approximate surface area is 170 Å². The van der Waals surface area contributed by atoms with Crippen molar-refractivity contribution in [2.45, 2.75) is 31.3 Å². The van der Waals surface area contributed by atoms with Crippen molar-refractivity contribution in [3.8, 4) is 0 Å². The van der Waals surface area contributed by atoms with E-state index in [0.717, 1.165) is 59.3 Å². The Bertz CT molecular complexity index is 1080. The van der Waals surface area contributed by atoms with E-state index in [1.54, 1.807) is 12.4 Å². The van der Waals surface area contributed by atoms with Crippen LogP contribution in [0.5, 0.6) is 0 Å². The lowest BCUT2D eigenvalue weighted by atomic mass is 10.00. The van der Waals surface area contributed by atoms with Gasteiger partial charge < -0.3 is 15.1 Å². The fraction of sp³-hybridized carbons (Fsp3) is 0.409. The van der Waals surface area contributed by atoms with E-state index in [0.29, 0.717) is 6.04 Å². The zero-order valence-corrected chi connectivity index (χ0v) is 17.1. The first-order valence-corrected chi connectivity index (χ1v) is 10.1. The maximum atomic E-state index is 13.2. The van der Waals surface area contributed by atoms with Gasteiger partial charge in [0.2, 0.25) is 0 Å². The number of aromatic nitrogens is 3. The summed E-state index contributed by atoms with van der Waals surface area (Å²) in [6.07, 6.45) is 5.43. The van der Waals surface area contributed by atoms with Gasteiger partial charge >= 0.3 is 0 Å². The minimum absolute atomic E-state index is 0.0139. The molecule has 2 aliphatic rings. The fourth-order valence-electron chi connectivity index (χ4n) is 4.18. The molecule has 3 heterocycles. The number of nitrogens with one attached hydrogen (secondary N) is 2. The van der Waals surface area contributed by atoms with Crippen LogP contribution in [0.4, 0.5) is 5.69 Å². The molecule has 1 saturated carbocycles. The first-order chi connectivity index (χ1) is 14.0. The number of hydrogen-bond acceptors (Lipinski definition) is 5. The average molecular weight is 390 g/mol. The van der Waals surface area contributed by atoms with Crippen molar-refractivity contribution in [1.29, 1.82) is 0 Å². The van der Waals surface area contributed by atoms with Crippen molar-refractivity contribution in [1.82, 2.24) is 25.4 Å². The van der Waals surface area contributed by atoms with Gasteiger partial charge in [0.1, 0.15) is 0 Å². The van der Waals surface area contributed by atoms with E-state index in [1.807, 2.05) is 25.1 Å². The van der Waals surface area contributed by atoms with Gasteiger partial charge in [-0.25, -0.2) is 4.98 Å². The molecule has 1 aliphatic carbocycles. The second-order valence-electron chi connectivity index (χ2n) is 8.55. The molecule has 5 rings (SSSR count). The molecule has 1 saturated heterocycles. The highest BCUT2D eigenvalue weighted by Crippen LogP contribution is 2.47. The molecule has 1 amide bonds. The summed E-state index contributed by atoms with van der Waals surface area (Å²) in [7, 11) is 4.22. The van der Waals surface area contributed by atoms with Crippen LogP contribution in [0.25, 0.3) is 11.0 Å². The first-order valence-electron chi connectivity index (χ1n) is 10.1. The van der Waals surface area contributed by atoms with E-state index < -0.39 is 0 Å². The van der Waals surface area contributed by atoms with Gasteiger partial charge in [0, 0.05) is 42.0 Å². The van der Waals surface area contributed by atoms with Crippen LogP contribution in [0, 0.1) is 6.92 Å². The minimum atomic E-state index is -0.322. The SMILES string of the molecule is Cc1ccc(N2CC(N(C)C)C2)cc1C(=O)NC1(c2ccnc3[nH]ncc23)CC1. The van der Waals surface area contributed by atoms with Crippen molar-refractivity contribution in [2.24, 2.45) is 0 Å². The average Bonchev–Trinajstić information content (AvgIpc) is 3.26. The smallest absolute Gasteiger partial charge is 0.252 e. The summed E-state index contributed by atoms with van der Waals surface area (Å²) in [4.78, 5) is 22.1. The summed E-state index contributed by atoms with van der Waals surface area (Å²) in [6.45, 7) is 3.99. The van der Waals surface area contributed by atoms with Crippen molar-refractivity contribution in [3.63, 3.8) is 0 Å². The van der Waals surface area contributed by atoms with Gasteiger partial charge in [-0.2, -0.15) is 5.10 Å². The largest absolute Gasteiger partial charge is 0.368 e. The molecule has 7 heteroatoms. The van der Waals surface area contributed by atoms with Gasteiger partial charge in [0.15, 0.2) is 5.65 Å². The third-order valence-electron chi connectivity index (χ3n) is 6.40. The van der Waals surface area contributed by atoms with E-state index in [-0.39, 0.29) is 11.4 Å². The van der Waals surface area contributed by atoms with Crippen LogP contribution >= 0.6 is 0 Å². The number of hydrogen-bond donors (Lipinski definition) is 2. The molecule has 2 N–H and O–H groups in total. The van der Waals surface area contributed by atoms with Crippen LogP contribution in [0.2, 0.25) is 0 Å². The number of amides is 1. The van der Waals surface area contributed by atoms with Crippen LogP contribution in [0.15, 0.2) is 36.7 Å². The summed E-state index contributed by atoms with van der Waals surface area (Å²) in [5.74, 6) is -0.0139. The molecule has 1 aliphatic heterocycles. The number of fused-ring (bicyclic) bond motifs is 1. The van der Waals surface area contributed by atoms with Gasteiger partial charge in [-0.1, -0.05) is 6.07 Å². The Morgan fingerprint density at radius 2 is 2.07 bits per heavy atom. The van der Waals surface area contributed by atoms with Gasteiger partial charge in [-0.3, -0.25) is 9.89 Å². The van der Waals surface area contributed by atoms with Crippen LogP contribution in [-0.4, -0.2) is 59.2 Å². The summed E-state index contributed by atoms with van der Waals surface area (Å²) >= 11 is 0. The third kappa shape index (κ3) is 3.06. The van der Waals surface area contributed by atoms with Gasteiger partial charge in [-0.05, 0) is 63.2 Å². The molecule has 0 unspecified atom stereocenters. The highest BCUT2D eigenvalue weighted by Gasteiger charge is 2.47. The van der Waals surface area contributed by atoms with Crippen molar-refractivity contribution in [2.75, 3.05) is 32.1 Å². The molecule has 1 aromatic carbocycles. The molecule has 2 aromatic heterocycles. The minimum Gasteiger partial charge on any atom is -0.368 e. The Kier molecular flexibility index (Phi) is 4.10. The molecule has 2 fully saturated rings. The molecule has 29 heavy (non-hydrogen) atoms. The number of aromatic amines is 1. The maximum Gasteiger partial charge on any atom is 0.252 e. The van der Waals surface area contributed by atoms with Crippen molar-refractivity contribution in [3.05, 3.63) is 53.3 Å². The normalized spacial score (nSPS) is 18.1. The monoisotopic (exact) mass is 390 g/mol. The number of likely N-dealkylation sites (N-methyl/N-ethyl adjacent to an activating group) is 1. The number of carbonyl (C=O) groups is 1. The van der Waals surface area contributed by atoms with E-state index in [1.165, 1.54) is 0 Å². The first kappa shape index (κ1) is 18.1. The lowest BCUT2D eigenvalue weighted by molar-refractivity contribution is 0.0930. The number of rotatable bonds is 5. The molecule has 3 aromatic rings.